The van der Waals surface area contributed by atoms with Gasteiger partial charge >= 0.3 is 5.69 Å². The summed E-state index contributed by atoms with van der Waals surface area (Å²) in [6.07, 6.45) is 2.83. The fraction of sp³-hybridized carbons (Fsp3) is 0.400. The zero-order valence-electron chi connectivity index (χ0n) is 13.3. The van der Waals surface area contributed by atoms with Crippen LogP contribution in [0.4, 0.5) is 5.69 Å². The summed E-state index contributed by atoms with van der Waals surface area (Å²) < 4.78 is 0. The lowest BCUT2D eigenvalue weighted by atomic mass is 10.1. The van der Waals surface area contributed by atoms with Crippen LogP contribution in [0.25, 0.3) is 0 Å². The third kappa shape index (κ3) is 3.11. The Morgan fingerprint density at radius 3 is 2.71 bits per heavy atom. The normalized spacial score (nSPS) is 16.8. The van der Waals surface area contributed by atoms with Crippen LogP contribution in [0.5, 0.6) is 0 Å². The summed E-state index contributed by atoms with van der Waals surface area (Å²) in [6, 6.07) is 5.97. The van der Waals surface area contributed by atoms with Crippen molar-refractivity contribution in [3.8, 4) is 0 Å². The van der Waals surface area contributed by atoms with E-state index in [1.165, 1.54) is 0 Å². The Labute approximate surface area is 138 Å². The molecule has 1 aliphatic rings. The van der Waals surface area contributed by atoms with Crippen molar-refractivity contribution in [1.29, 1.82) is 0 Å². The van der Waals surface area contributed by atoms with E-state index in [0.717, 1.165) is 11.9 Å². The number of rotatable bonds is 4. The first kappa shape index (κ1) is 16.1. The Morgan fingerprint density at radius 1 is 1.33 bits per heavy atom. The lowest BCUT2D eigenvalue weighted by Crippen LogP contribution is -2.49. The molecule has 0 unspecified atom stereocenters. The highest BCUT2D eigenvalue weighted by Crippen LogP contribution is 2.21. The van der Waals surface area contributed by atoms with E-state index in [1.807, 2.05) is 18.2 Å². The van der Waals surface area contributed by atoms with Gasteiger partial charge in [0.05, 0.1) is 10.6 Å². The number of nitrogens with zero attached hydrogens (tertiary/aromatic N) is 5. The number of nitrogens with one attached hydrogen (secondary N) is 1. The third-order valence-corrected chi connectivity index (χ3v) is 4.29. The van der Waals surface area contributed by atoms with E-state index in [4.69, 9.17) is 0 Å². The minimum Gasteiger partial charge on any atom is -0.335 e. The van der Waals surface area contributed by atoms with E-state index in [1.54, 1.807) is 11.1 Å². The Morgan fingerprint density at radius 2 is 2.08 bits per heavy atom. The van der Waals surface area contributed by atoms with Crippen LogP contribution in [-0.4, -0.2) is 62.0 Å². The number of H-pyrrole nitrogens is 1. The van der Waals surface area contributed by atoms with Gasteiger partial charge < -0.3 is 4.90 Å². The topological polar surface area (TPSA) is 108 Å². The number of amides is 1. The average Bonchev–Trinajstić information content (AvgIpc) is 3.11. The van der Waals surface area contributed by atoms with Gasteiger partial charge in [-0.15, -0.1) is 0 Å². The quantitative estimate of drug-likeness (QED) is 0.667. The molecule has 0 bridgehead atoms. The number of hydrogen-bond donors (Lipinski definition) is 1. The minimum atomic E-state index is -0.601. The van der Waals surface area contributed by atoms with Crippen LogP contribution in [0.3, 0.4) is 0 Å². The van der Waals surface area contributed by atoms with Gasteiger partial charge in [-0.05, 0) is 19.1 Å². The SMILES string of the molecule is C[C@H](c1ccccn1)N1CCN(C(=O)c2[nH]ncc2[N+](=O)[O-])CC1. The average molecular weight is 330 g/mol. The highest BCUT2D eigenvalue weighted by atomic mass is 16.6. The number of carbonyl (C=O) groups is 1. The van der Waals surface area contributed by atoms with Gasteiger partial charge in [-0.25, -0.2) is 0 Å². The maximum absolute atomic E-state index is 12.5. The number of piperazine rings is 1. The van der Waals surface area contributed by atoms with Gasteiger partial charge in [-0.3, -0.25) is 29.9 Å². The molecule has 1 saturated heterocycles. The standard InChI is InChI=1S/C15H18N6O3/c1-11(12-4-2-3-5-16-12)19-6-8-20(9-7-19)15(22)14-13(21(23)24)10-17-18-14/h2-5,10-11H,6-9H2,1H3,(H,17,18)/t11-/m1/s1. The molecular weight excluding hydrogens is 312 g/mol. The van der Waals surface area contributed by atoms with Crippen LogP contribution >= 0.6 is 0 Å². The van der Waals surface area contributed by atoms with Crippen molar-refractivity contribution in [2.24, 2.45) is 0 Å². The molecule has 0 radical (unpaired) electrons. The Hall–Kier alpha value is -2.81. The van der Waals surface area contributed by atoms with Crippen molar-refractivity contribution in [1.82, 2.24) is 25.0 Å². The van der Waals surface area contributed by atoms with Crippen LogP contribution in [-0.2, 0) is 0 Å². The van der Waals surface area contributed by atoms with Crippen LogP contribution in [0.2, 0.25) is 0 Å². The third-order valence-electron chi connectivity index (χ3n) is 4.29. The molecule has 0 aromatic carbocycles. The molecule has 126 valence electrons. The number of carbonyl (C=O) groups excluding carboxylic acids is 1. The molecule has 1 atom stereocenters. The molecule has 2 aromatic heterocycles. The van der Waals surface area contributed by atoms with Gasteiger partial charge in [0.15, 0.2) is 0 Å². The summed E-state index contributed by atoms with van der Waals surface area (Å²) in [4.78, 5) is 31.0. The molecule has 1 amide bonds. The second-order valence-electron chi connectivity index (χ2n) is 5.65. The van der Waals surface area contributed by atoms with E-state index in [2.05, 4.69) is 27.0 Å². The monoisotopic (exact) mass is 330 g/mol. The number of aromatic nitrogens is 3. The molecule has 3 heterocycles. The molecule has 1 fully saturated rings. The van der Waals surface area contributed by atoms with Crippen LogP contribution < -0.4 is 0 Å². The van der Waals surface area contributed by atoms with Crippen LogP contribution in [0.15, 0.2) is 30.6 Å². The molecule has 0 spiro atoms. The van der Waals surface area contributed by atoms with Gasteiger partial charge in [0.2, 0.25) is 5.69 Å². The number of pyridine rings is 1. The molecule has 24 heavy (non-hydrogen) atoms. The van der Waals surface area contributed by atoms with Crippen molar-refractivity contribution < 1.29 is 9.72 Å². The molecule has 9 nitrogen and oxygen atoms in total. The summed E-state index contributed by atoms with van der Waals surface area (Å²) >= 11 is 0. The maximum Gasteiger partial charge on any atom is 0.319 e. The van der Waals surface area contributed by atoms with Crippen molar-refractivity contribution in [3.05, 3.63) is 52.1 Å². The molecule has 1 N–H and O–H groups in total. The van der Waals surface area contributed by atoms with Gasteiger partial charge in [0.1, 0.15) is 6.20 Å². The molecule has 2 aromatic rings. The molecular formula is C15H18N6O3. The Bertz CT molecular complexity index is 724. The van der Waals surface area contributed by atoms with Gasteiger partial charge in [0, 0.05) is 38.4 Å². The van der Waals surface area contributed by atoms with Crippen molar-refractivity contribution in [3.63, 3.8) is 0 Å². The van der Waals surface area contributed by atoms with Crippen LogP contribution in [0.1, 0.15) is 29.1 Å². The Kier molecular flexibility index (Phi) is 4.52. The number of hydrogen-bond acceptors (Lipinski definition) is 6. The first-order valence-corrected chi connectivity index (χ1v) is 7.70. The zero-order valence-corrected chi connectivity index (χ0v) is 13.3. The molecule has 0 aliphatic carbocycles. The predicted molar refractivity (Wildman–Crippen MR) is 85.4 cm³/mol. The molecule has 1 aliphatic heterocycles. The smallest absolute Gasteiger partial charge is 0.319 e. The second kappa shape index (κ2) is 6.75. The first-order chi connectivity index (χ1) is 11.6. The zero-order chi connectivity index (χ0) is 17.1. The highest BCUT2D eigenvalue weighted by molar-refractivity contribution is 5.96. The summed E-state index contributed by atoms with van der Waals surface area (Å²) in [5, 5.41) is 17.0. The molecule has 3 rings (SSSR count). The highest BCUT2D eigenvalue weighted by Gasteiger charge is 2.30. The second-order valence-corrected chi connectivity index (χ2v) is 5.65. The summed E-state index contributed by atoms with van der Waals surface area (Å²) in [5.74, 6) is -0.385. The predicted octanol–water partition coefficient (Wildman–Crippen LogP) is 1.23. The fourth-order valence-corrected chi connectivity index (χ4v) is 2.86. The summed E-state index contributed by atoms with van der Waals surface area (Å²) in [5.41, 5.74) is 0.636. The lowest BCUT2D eigenvalue weighted by molar-refractivity contribution is -0.385. The number of aromatic amines is 1. The van der Waals surface area contributed by atoms with Crippen molar-refractivity contribution in [2.75, 3.05) is 26.2 Å². The Balaban J connectivity index is 1.64. The lowest BCUT2D eigenvalue weighted by Gasteiger charge is -2.37. The fourth-order valence-electron chi connectivity index (χ4n) is 2.86. The first-order valence-electron chi connectivity index (χ1n) is 7.70. The minimum absolute atomic E-state index is 0.0637. The van der Waals surface area contributed by atoms with E-state index in [9.17, 15) is 14.9 Å². The molecule has 0 saturated carbocycles. The number of nitro groups is 1. The maximum atomic E-state index is 12.5. The van der Waals surface area contributed by atoms with E-state index in [0.29, 0.717) is 26.2 Å². The van der Waals surface area contributed by atoms with Crippen molar-refractivity contribution >= 4 is 11.6 Å². The van der Waals surface area contributed by atoms with Gasteiger partial charge in [0.25, 0.3) is 5.91 Å². The van der Waals surface area contributed by atoms with Crippen molar-refractivity contribution in [2.45, 2.75) is 13.0 Å². The largest absolute Gasteiger partial charge is 0.335 e. The molecule has 9 heteroatoms. The van der Waals surface area contributed by atoms with E-state index >= 15 is 0 Å². The van der Waals surface area contributed by atoms with Gasteiger partial charge in [-0.1, -0.05) is 6.07 Å². The van der Waals surface area contributed by atoms with E-state index < -0.39 is 4.92 Å². The van der Waals surface area contributed by atoms with E-state index in [-0.39, 0.29) is 23.3 Å². The summed E-state index contributed by atoms with van der Waals surface area (Å²) in [7, 11) is 0. The van der Waals surface area contributed by atoms with Crippen LogP contribution in [0, 0.1) is 10.1 Å². The van der Waals surface area contributed by atoms with Gasteiger partial charge in [-0.2, -0.15) is 5.10 Å². The summed E-state index contributed by atoms with van der Waals surface area (Å²) in [6.45, 7) is 4.47.